The smallest absolute Gasteiger partial charge is 0.264 e. The van der Waals surface area contributed by atoms with Gasteiger partial charge in [0, 0.05) is 31.2 Å². The number of ether oxygens (including phenoxy) is 1. The van der Waals surface area contributed by atoms with Crippen LogP contribution in [0.1, 0.15) is 39.3 Å². The van der Waals surface area contributed by atoms with E-state index in [1.165, 1.54) is 11.3 Å². The van der Waals surface area contributed by atoms with Gasteiger partial charge in [-0.3, -0.25) is 9.59 Å². The third-order valence-corrected chi connectivity index (χ3v) is 6.52. The molecule has 0 saturated carbocycles. The molecule has 6 heteroatoms. The minimum absolute atomic E-state index is 0.0501. The van der Waals surface area contributed by atoms with Crippen LogP contribution in [0.4, 0.5) is 0 Å². The average molecular weight is 385 g/mol. The highest BCUT2D eigenvalue weighted by Gasteiger charge is 2.39. The van der Waals surface area contributed by atoms with Gasteiger partial charge in [-0.05, 0) is 54.8 Å². The van der Waals surface area contributed by atoms with Gasteiger partial charge in [-0.1, -0.05) is 12.1 Å². The van der Waals surface area contributed by atoms with Gasteiger partial charge in [0.25, 0.3) is 11.8 Å². The number of likely N-dealkylation sites (tertiary alicyclic amines) is 2. The molecule has 2 saturated heterocycles. The van der Waals surface area contributed by atoms with Crippen LogP contribution in [0.2, 0.25) is 0 Å². The molecule has 1 aromatic heterocycles. The van der Waals surface area contributed by atoms with Crippen LogP contribution in [0.5, 0.6) is 5.75 Å². The van der Waals surface area contributed by atoms with E-state index in [4.69, 9.17) is 4.74 Å². The van der Waals surface area contributed by atoms with Gasteiger partial charge in [-0.2, -0.15) is 0 Å². The van der Waals surface area contributed by atoms with Crippen molar-refractivity contribution in [3.05, 3.63) is 52.2 Å². The summed E-state index contributed by atoms with van der Waals surface area (Å²) in [5, 5.41) is 1.95. The predicted molar refractivity (Wildman–Crippen MR) is 105 cm³/mol. The Morgan fingerprint density at radius 2 is 2.00 bits per heavy atom. The molecule has 0 unspecified atom stereocenters. The highest BCUT2D eigenvalue weighted by atomic mass is 32.1. The molecule has 4 rings (SSSR count). The number of carbonyl (C=O) groups is 2. The Labute approximate surface area is 163 Å². The fourth-order valence-electron chi connectivity index (χ4n) is 4.32. The van der Waals surface area contributed by atoms with Crippen molar-refractivity contribution in [1.29, 1.82) is 0 Å². The van der Waals surface area contributed by atoms with Crippen molar-refractivity contribution >= 4 is 23.2 Å². The molecule has 1 aromatic carbocycles. The largest absolute Gasteiger partial charge is 0.497 e. The zero-order chi connectivity index (χ0) is 18.8. The van der Waals surface area contributed by atoms with Crippen LogP contribution in [0.25, 0.3) is 0 Å². The van der Waals surface area contributed by atoms with Gasteiger partial charge >= 0.3 is 0 Å². The van der Waals surface area contributed by atoms with Gasteiger partial charge in [0.15, 0.2) is 0 Å². The maximum atomic E-state index is 12.9. The van der Waals surface area contributed by atoms with E-state index in [2.05, 4.69) is 0 Å². The van der Waals surface area contributed by atoms with E-state index in [1.54, 1.807) is 13.2 Å². The predicted octanol–water partition coefficient (Wildman–Crippen LogP) is 3.52. The van der Waals surface area contributed by atoms with Crippen LogP contribution in [0.15, 0.2) is 41.8 Å². The van der Waals surface area contributed by atoms with Crippen molar-refractivity contribution in [3.63, 3.8) is 0 Å². The van der Waals surface area contributed by atoms with Crippen LogP contribution >= 0.6 is 11.3 Å². The minimum atomic E-state index is 0.0501. The summed E-state index contributed by atoms with van der Waals surface area (Å²) >= 11 is 1.50. The summed E-state index contributed by atoms with van der Waals surface area (Å²) in [6.45, 7) is 2.22. The van der Waals surface area contributed by atoms with E-state index < -0.39 is 0 Å². The number of thiophene rings is 1. The number of piperidine rings is 2. The molecule has 0 N–H and O–H groups in total. The normalized spacial score (nSPS) is 22.3. The molecule has 2 amide bonds. The molecule has 27 heavy (non-hydrogen) atoms. The molecule has 142 valence electrons. The number of rotatable bonds is 3. The first-order chi connectivity index (χ1) is 13.2. The highest BCUT2D eigenvalue weighted by Crippen LogP contribution is 2.33. The van der Waals surface area contributed by atoms with Crippen molar-refractivity contribution in [1.82, 2.24) is 9.80 Å². The molecule has 2 aromatic rings. The number of fused-ring (bicyclic) bond motifs is 1. The zero-order valence-corrected chi connectivity index (χ0v) is 16.3. The maximum Gasteiger partial charge on any atom is 0.264 e. The molecule has 5 nitrogen and oxygen atoms in total. The molecular weight excluding hydrogens is 360 g/mol. The minimum Gasteiger partial charge on any atom is -0.497 e. The summed E-state index contributed by atoms with van der Waals surface area (Å²) in [4.78, 5) is 30.6. The SMILES string of the molecule is COc1cccc(C(=O)N2CC[C@@H]3[C@H](CCCN3C(=O)c3cccs3)C2)c1. The lowest BCUT2D eigenvalue weighted by atomic mass is 9.83. The van der Waals surface area contributed by atoms with E-state index in [0.717, 1.165) is 37.2 Å². The van der Waals surface area contributed by atoms with Gasteiger partial charge in [0.05, 0.1) is 12.0 Å². The molecule has 2 fully saturated rings. The summed E-state index contributed by atoms with van der Waals surface area (Å²) < 4.78 is 5.24. The Hall–Kier alpha value is -2.34. The van der Waals surface area contributed by atoms with Crippen molar-refractivity contribution in [2.75, 3.05) is 26.7 Å². The number of methoxy groups -OCH3 is 1. The van der Waals surface area contributed by atoms with Crippen LogP contribution < -0.4 is 4.74 Å². The molecular formula is C21H24N2O3S. The number of carbonyl (C=O) groups excluding carboxylic acids is 2. The molecule has 3 heterocycles. The highest BCUT2D eigenvalue weighted by molar-refractivity contribution is 7.12. The van der Waals surface area contributed by atoms with Crippen molar-refractivity contribution in [2.45, 2.75) is 25.3 Å². The number of amides is 2. The fraction of sp³-hybridized carbons (Fsp3) is 0.429. The van der Waals surface area contributed by atoms with Gasteiger partial charge in [0.2, 0.25) is 0 Å². The summed E-state index contributed by atoms with van der Waals surface area (Å²) in [6.07, 6.45) is 2.91. The van der Waals surface area contributed by atoms with Gasteiger partial charge in [-0.15, -0.1) is 11.3 Å². The van der Waals surface area contributed by atoms with Crippen molar-refractivity contribution in [3.8, 4) is 5.75 Å². The number of benzene rings is 1. The molecule has 0 spiro atoms. The van der Waals surface area contributed by atoms with Crippen molar-refractivity contribution in [2.24, 2.45) is 5.92 Å². The molecule has 0 aliphatic carbocycles. The van der Waals surface area contributed by atoms with Crippen LogP contribution in [0, 0.1) is 5.92 Å². The Morgan fingerprint density at radius 1 is 1.11 bits per heavy atom. The van der Waals surface area contributed by atoms with Crippen LogP contribution in [0.3, 0.4) is 0 Å². The van der Waals surface area contributed by atoms with Gasteiger partial charge in [0.1, 0.15) is 5.75 Å². The maximum absolute atomic E-state index is 12.9. The Bertz CT molecular complexity index is 821. The fourth-order valence-corrected chi connectivity index (χ4v) is 5.00. The summed E-state index contributed by atoms with van der Waals surface area (Å²) in [6, 6.07) is 11.4. The molecule has 0 bridgehead atoms. The second-order valence-electron chi connectivity index (χ2n) is 7.22. The zero-order valence-electron chi connectivity index (χ0n) is 15.5. The second-order valence-corrected chi connectivity index (χ2v) is 8.16. The lowest BCUT2D eigenvalue weighted by molar-refractivity contribution is 0.0200. The van der Waals surface area contributed by atoms with E-state index in [-0.39, 0.29) is 17.9 Å². The summed E-state index contributed by atoms with van der Waals surface area (Å²) in [7, 11) is 1.61. The van der Waals surface area contributed by atoms with Gasteiger partial charge < -0.3 is 14.5 Å². The Balaban J connectivity index is 1.47. The van der Waals surface area contributed by atoms with Crippen LogP contribution in [-0.2, 0) is 0 Å². The Morgan fingerprint density at radius 3 is 2.78 bits per heavy atom. The molecule has 2 atom stereocenters. The summed E-state index contributed by atoms with van der Waals surface area (Å²) in [5.41, 5.74) is 0.662. The standard InChI is InChI=1S/C21H24N2O3S/c1-26-17-7-2-5-15(13-17)20(24)22-11-9-18-16(14-22)6-3-10-23(18)21(25)19-8-4-12-27-19/h2,4-5,7-8,12-13,16,18H,3,6,9-11,14H2,1H3/t16-,18-/m1/s1. The molecule has 0 radical (unpaired) electrons. The lowest BCUT2D eigenvalue weighted by Crippen LogP contribution is -2.56. The van der Waals surface area contributed by atoms with Gasteiger partial charge in [-0.25, -0.2) is 0 Å². The first-order valence-corrected chi connectivity index (χ1v) is 10.3. The van der Waals surface area contributed by atoms with E-state index in [9.17, 15) is 9.59 Å². The molecule has 2 aliphatic rings. The first kappa shape index (κ1) is 18.0. The van der Waals surface area contributed by atoms with Crippen molar-refractivity contribution < 1.29 is 14.3 Å². The topological polar surface area (TPSA) is 49.9 Å². The third kappa shape index (κ3) is 3.58. The molecule has 2 aliphatic heterocycles. The van der Waals surface area contributed by atoms with E-state index in [1.807, 2.05) is 45.5 Å². The average Bonchev–Trinajstić information content (AvgIpc) is 3.26. The first-order valence-electron chi connectivity index (χ1n) is 9.45. The van der Waals surface area contributed by atoms with E-state index >= 15 is 0 Å². The summed E-state index contributed by atoms with van der Waals surface area (Å²) in [5.74, 6) is 1.24. The quantitative estimate of drug-likeness (QED) is 0.814. The van der Waals surface area contributed by atoms with Crippen LogP contribution in [-0.4, -0.2) is 54.4 Å². The van der Waals surface area contributed by atoms with E-state index in [0.29, 0.717) is 23.8 Å². The number of nitrogens with zero attached hydrogens (tertiary/aromatic N) is 2. The Kier molecular flexibility index (Phi) is 5.16. The second kappa shape index (κ2) is 7.72. The lowest BCUT2D eigenvalue weighted by Gasteiger charge is -2.47. The number of hydrogen-bond acceptors (Lipinski definition) is 4. The number of hydrogen-bond donors (Lipinski definition) is 0. The monoisotopic (exact) mass is 384 g/mol. The third-order valence-electron chi connectivity index (χ3n) is 5.66.